The highest BCUT2D eigenvalue weighted by Crippen LogP contribution is 2.25. The van der Waals surface area contributed by atoms with Crippen LogP contribution in [0.25, 0.3) is 0 Å². The number of benzene rings is 1. The van der Waals surface area contributed by atoms with Gasteiger partial charge in [-0.2, -0.15) is 0 Å². The van der Waals surface area contributed by atoms with Crippen LogP contribution >= 0.6 is 0 Å². The fourth-order valence-corrected chi connectivity index (χ4v) is 2.29. The van der Waals surface area contributed by atoms with E-state index in [9.17, 15) is 4.39 Å². The Bertz CT molecular complexity index is 362. The van der Waals surface area contributed by atoms with Gasteiger partial charge in [-0.15, -0.1) is 0 Å². The molecule has 0 fully saturated rings. The lowest BCUT2D eigenvalue weighted by Gasteiger charge is -2.27. The zero-order valence-corrected chi connectivity index (χ0v) is 11.8. The van der Waals surface area contributed by atoms with Crippen LogP contribution in [0.4, 0.5) is 4.39 Å². The molecular formula is C15H24FNO. The summed E-state index contributed by atoms with van der Waals surface area (Å²) >= 11 is 0. The highest BCUT2D eigenvalue weighted by molar-refractivity contribution is 5.27. The van der Waals surface area contributed by atoms with E-state index in [1.807, 2.05) is 27.0 Å². The van der Waals surface area contributed by atoms with Crippen molar-refractivity contribution in [2.24, 2.45) is 0 Å². The lowest BCUT2D eigenvalue weighted by atomic mass is 9.96. The van der Waals surface area contributed by atoms with Gasteiger partial charge in [-0.25, -0.2) is 4.39 Å². The first-order valence-electron chi connectivity index (χ1n) is 6.68. The number of aryl methyl sites for hydroxylation is 1. The van der Waals surface area contributed by atoms with Gasteiger partial charge in [-0.1, -0.05) is 31.0 Å². The van der Waals surface area contributed by atoms with E-state index in [0.29, 0.717) is 12.2 Å². The zero-order chi connectivity index (χ0) is 13.5. The molecule has 0 aromatic heterocycles. The molecule has 18 heavy (non-hydrogen) atoms. The van der Waals surface area contributed by atoms with Gasteiger partial charge in [0.1, 0.15) is 5.82 Å². The molecule has 0 aliphatic heterocycles. The average molecular weight is 253 g/mol. The Morgan fingerprint density at radius 1 is 1.33 bits per heavy atom. The molecule has 3 heteroatoms. The van der Waals surface area contributed by atoms with Crippen molar-refractivity contribution in [3.8, 4) is 0 Å². The molecule has 0 spiro atoms. The van der Waals surface area contributed by atoms with Crippen molar-refractivity contribution in [3.63, 3.8) is 0 Å². The standard InChI is InChI=1S/C15H24FNO/c1-5-7-14(18-6-2)15(17-4)12-10-11(3)8-9-13(12)16/h8-10,14-15,17H,5-7H2,1-4H3. The Labute approximate surface area is 110 Å². The van der Waals surface area contributed by atoms with E-state index >= 15 is 0 Å². The van der Waals surface area contributed by atoms with Gasteiger partial charge in [0, 0.05) is 12.2 Å². The van der Waals surface area contributed by atoms with Crippen LogP contribution in [0.5, 0.6) is 0 Å². The third-order valence-electron chi connectivity index (χ3n) is 3.12. The van der Waals surface area contributed by atoms with Gasteiger partial charge >= 0.3 is 0 Å². The van der Waals surface area contributed by atoms with Crippen LogP contribution in [-0.2, 0) is 4.74 Å². The number of nitrogens with one attached hydrogen (secondary N) is 1. The van der Waals surface area contributed by atoms with Gasteiger partial charge in [-0.3, -0.25) is 0 Å². The molecular weight excluding hydrogens is 229 g/mol. The fraction of sp³-hybridized carbons (Fsp3) is 0.600. The molecule has 1 rings (SSSR count). The average Bonchev–Trinajstić information content (AvgIpc) is 2.35. The van der Waals surface area contributed by atoms with Crippen molar-refractivity contribution in [3.05, 3.63) is 35.1 Å². The minimum Gasteiger partial charge on any atom is -0.377 e. The van der Waals surface area contributed by atoms with Gasteiger partial charge in [0.25, 0.3) is 0 Å². The van der Waals surface area contributed by atoms with Crippen molar-refractivity contribution >= 4 is 0 Å². The first-order chi connectivity index (χ1) is 8.63. The van der Waals surface area contributed by atoms with Crippen molar-refractivity contribution in [1.29, 1.82) is 0 Å². The van der Waals surface area contributed by atoms with E-state index in [1.54, 1.807) is 6.07 Å². The first kappa shape index (κ1) is 15.1. The van der Waals surface area contributed by atoms with Crippen LogP contribution in [0.3, 0.4) is 0 Å². The molecule has 1 N–H and O–H groups in total. The van der Waals surface area contributed by atoms with E-state index in [4.69, 9.17) is 4.74 Å². The molecule has 2 unspecified atom stereocenters. The van der Waals surface area contributed by atoms with Crippen LogP contribution < -0.4 is 5.32 Å². The highest BCUT2D eigenvalue weighted by Gasteiger charge is 2.24. The first-order valence-corrected chi connectivity index (χ1v) is 6.68. The second-order valence-corrected chi connectivity index (χ2v) is 4.57. The molecule has 0 aliphatic carbocycles. The van der Waals surface area contributed by atoms with Gasteiger partial charge in [0.15, 0.2) is 0 Å². The summed E-state index contributed by atoms with van der Waals surface area (Å²) < 4.78 is 19.7. The third-order valence-corrected chi connectivity index (χ3v) is 3.12. The maximum atomic E-state index is 14.0. The second kappa shape index (κ2) is 7.49. The van der Waals surface area contributed by atoms with Crippen molar-refractivity contribution in [1.82, 2.24) is 5.32 Å². The Hall–Kier alpha value is -0.930. The van der Waals surface area contributed by atoms with E-state index < -0.39 is 0 Å². The molecule has 0 heterocycles. The number of hydrogen-bond acceptors (Lipinski definition) is 2. The lowest BCUT2D eigenvalue weighted by Crippen LogP contribution is -2.32. The summed E-state index contributed by atoms with van der Waals surface area (Å²) in [6.45, 7) is 6.72. The minimum atomic E-state index is -0.166. The van der Waals surface area contributed by atoms with Gasteiger partial charge < -0.3 is 10.1 Å². The summed E-state index contributed by atoms with van der Waals surface area (Å²) in [7, 11) is 1.86. The molecule has 0 bridgehead atoms. The molecule has 0 saturated heterocycles. The van der Waals surface area contributed by atoms with Crippen molar-refractivity contribution < 1.29 is 9.13 Å². The summed E-state index contributed by atoms with van der Waals surface area (Å²) in [5.74, 6) is -0.166. The Morgan fingerprint density at radius 2 is 2.06 bits per heavy atom. The Morgan fingerprint density at radius 3 is 2.61 bits per heavy atom. The molecule has 1 aromatic carbocycles. The number of likely N-dealkylation sites (N-methyl/N-ethyl adjacent to an activating group) is 1. The highest BCUT2D eigenvalue weighted by atomic mass is 19.1. The monoisotopic (exact) mass is 253 g/mol. The van der Waals surface area contributed by atoms with Gasteiger partial charge in [-0.05, 0) is 33.4 Å². The van der Waals surface area contributed by atoms with Crippen molar-refractivity contribution in [2.45, 2.75) is 45.8 Å². The largest absolute Gasteiger partial charge is 0.377 e. The van der Waals surface area contributed by atoms with E-state index in [1.165, 1.54) is 6.07 Å². The normalized spacial score (nSPS) is 14.5. The number of rotatable bonds is 7. The molecule has 0 amide bonds. The molecule has 0 radical (unpaired) electrons. The number of hydrogen-bond donors (Lipinski definition) is 1. The van der Waals surface area contributed by atoms with Crippen LogP contribution in [-0.4, -0.2) is 19.8 Å². The predicted octanol–water partition coefficient (Wildman–Crippen LogP) is 3.60. The summed E-state index contributed by atoms with van der Waals surface area (Å²) in [5.41, 5.74) is 1.77. The van der Waals surface area contributed by atoms with Crippen LogP contribution in [0.1, 0.15) is 43.9 Å². The molecule has 102 valence electrons. The summed E-state index contributed by atoms with van der Waals surface area (Å²) in [6, 6.07) is 5.13. The summed E-state index contributed by atoms with van der Waals surface area (Å²) in [6.07, 6.45) is 1.96. The second-order valence-electron chi connectivity index (χ2n) is 4.57. The number of ether oxygens (including phenoxy) is 1. The maximum Gasteiger partial charge on any atom is 0.128 e. The van der Waals surface area contributed by atoms with Crippen LogP contribution in [0, 0.1) is 12.7 Å². The van der Waals surface area contributed by atoms with E-state index in [-0.39, 0.29) is 18.0 Å². The lowest BCUT2D eigenvalue weighted by molar-refractivity contribution is 0.0287. The van der Waals surface area contributed by atoms with Crippen LogP contribution in [0.2, 0.25) is 0 Å². The van der Waals surface area contributed by atoms with Gasteiger partial charge in [0.2, 0.25) is 0 Å². The molecule has 0 aliphatic rings. The van der Waals surface area contributed by atoms with Crippen LogP contribution in [0.15, 0.2) is 18.2 Å². The van der Waals surface area contributed by atoms with E-state index in [2.05, 4.69) is 12.2 Å². The zero-order valence-electron chi connectivity index (χ0n) is 11.8. The minimum absolute atomic E-state index is 0.0151. The summed E-state index contributed by atoms with van der Waals surface area (Å²) in [5, 5.41) is 3.19. The molecule has 2 nitrogen and oxygen atoms in total. The molecule has 2 atom stereocenters. The van der Waals surface area contributed by atoms with Gasteiger partial charge in [0.05, 0.1) is 12.1 Å². The Balaban J connectivity index is 3.01. The quantitative estimate of drug-likeness (QED) is 0.801. The fourth-order valence-electron chi connectivity index (χ4n) is 2.29. The SMILES string of the molecule is CCCC(OCC)C(NC)c1cc(C)ccc1F. The van der Waals surface area contributed by atoms with E-state index in [0.717, 1.165) is 18.4 Å². The predicted molar refractivity (Wildman–Crippen MR) is 73.3 cm³/mol. The topological polar surface area (TPSA) is 21.3 Å². The van der Waals surface area contributed by atoms with Crippen molar-refractivity contribution in [2.75, 3.05) is 13.7 Å². The summed E-state index contributed by atoms with van der Waals surface area (Å²) in [4.78, 5) is 0. The maximum absolute atomic E-state index is 14.0. The Kier molecular flexibility index (Phi) is 6.30. The number of halogens is 1. The molecule has 1 aromatic rings. The smallest absolute Gasteiger partial charge is 0.128 e. The molecule has 0 saturated carbocycles. The third kappa shape index (κ3) is 3.79.